The van der Waals surface area contributed by atoms with Crippen molar-refractivity contribution in [2.45, 2.75) is 31.3 Å². The highest BCUT2D eigenvalue weighted by Crippen LogP contribution is 2.30. The van der Waals surface area contributed by atoms with Gasteiger partial charge in [0.2, 0.25) is 10.0 Å². The molecule has 1 aliphatic rings. The minimum Gasteiger partial charge on any atom is -0.360 e. The monoisotopic (exact) mass is 363 g/mol. The van der Waals surface area contributed by atoms with Crippen LogP contribution in [0.5, 0.6) is 0 Å². The van der Waals surface area contributed by atoms with Gasteiger partial charge in [-0.05, 0) is 13.8 Å². The third-order valence-corrected chi connectivity index (χ3v) is 6.19. The Morgan fingerprint density at radius 2 is 2.08 bits per heavy atom. The number of fused-ring (bicyclic) bond motifs is 1. The SMILES string of the molecule is Cc1oncc1S(=O)(=O)N1Cc2nnc(-c3cnn(C)c3)n2[C@@H](C)C1. The molecule has 4 rings (SSSR count). The quantitative estimate of drug-likeness (QED) is 0.674. The van der Waals surface area contributed by atoms with E-state index in [4.69, 9.17) is 4.52 Å². The zero-order chi connectivity index (χ0) is 17.8. The molecule has 0 fully saturated rings. The summed E-state index contributed by atoms with van der Waals surface area (Å²) >= 11 is 0. The fourth-order valence-electron chi connectivity index (χ4n) is 3.09. The lowest BCUT2D eigenvalue weighted by molar-refractivity contribution is 0.292. The molecule has 1 aliphatic heterocycles. The lowest BCUT2D eigenvalue weighted by Crippen LogP contribution is -2.40. The molecular formula is C14H17N7O3S. The second-order valence-corrected chi connectivity index (χ2v) is 8.01. The number of hydrogen-bond donors (Lipinski definition) is 0. The predicted molar refractivity (Wildman–Crippen MR) is 85.8 cm³/mol. The summed E-state index contributed by atoms with van der Waals surface area (Å²) in [5.41, 5.74) is 0.847. The number of aryl methyl sites for hydroxylation is 2. The van der Waals surface area contributed by atoms with Crippen LogP contribution < -0.4 is 0 Å². The summed E-state index contributed by atoms with van der Waals surface area (Å²) in [6.45, 7) is 3.97. The minimum atomic E-state index is -3.70. The van der Waals surface area contributed by atoms with Gasteiger partial charge in [-0.15, -0.1) is 10.2 Å². The van der Waals surface area contributed by atoms with E-state index in [0.29, 0.717) is 18.2 Å². The number of hydrogen-bond acceptors (Lipinski definition) is 7. The highest BCUT2D eigenvalue weighted by Gasteiger charge is 2.36. The van der Waals surface area contributed by atoms with Gasteiger partial charge in [-0.2, -0.15) is 9.40 Å². The van der Waals surface area contributed by atoms with Crippen LogP contribution in [-0.4, -0.2) is 49.0 Å². The molecule has 132 valence electrons. The van der Waals surface area contributed by atoms with Gasteiger partial charge in [0.05, 0.1) is 24.5 Å². The lowest BCUT2D eigenvalue weighted by Gasteiger charge is -2.31. The Labute approximate surface area is 144 Å². The molecule has 0 aliphatic carbocycles. The third kappa shape index (κ3) is 2.46. The smallest absolute Gasteiger partial charge is 0.248 e. The van der Waals surface area contributed by atoms with Crippen molar-refractivity contribution in [3.63, 3.8) is 0 Å². The fourth-order valence-corrected chi connectivity index (χ4v) is 4.64. The molecule has 0 unspecified atom stereocenters. The maximum atomic E-state index is 12.9. The van der Waals surface area contributed by atoms with E-state index in [0.717, 1.165) is 5.56 Å². The maximum Gasteiger partial charge on any atom is 0.248 e. The Morgan fingerprint density at radius 1 is 1.28 bits per heavy atom. The van der Waals surface area contributed by atoms with E-state index in [9.17, 15) is 8.42 Å². The Bertz CT molecular complexity index is 1030. The molecule has 3 aromatic heterocycles. The van der Waals surface area contributed by atoms with Crippen LogP contribution in [0, 0.1) is 6.92 Å². The standard InChI is InChI=1S/C14H17N7O3S/c1-9-6-20(25(22,23)12-5-16-24-10(12)2)8-13-17-18-14(21(9)13)11-4-15-19(3)7-11/h4-5,7,9H,6,8H2,1-3H3/t9-/m0/s1. The van der Waals surface area contributed by atoms with E-state index in [1.54, 1.807) is 17.8 Å². The first-order valence-corrected chi connectivity index (χ1v) is 9.16. The molecule has 0 aromatic carbocycles. The number of aromatic nitrogens is 6. The molecule has 0 bridgehead atoms. The van der Waals surface area contributed by atoms with Crippen LogP contribution in [0.3, 0.4) is 0 Å². The number of sulfonamides is 1. The summed E-state index contributed by atoms with van der Waals surface area (Å²) in [6, 6.07) is -0.121. The second-order valence-electron chi connectivity index (χ2n) is 6.11. The summed E-state index contributed by atoms with van der Waals surface area (Å²) in [5.74, 6) is 1.56. The maximum absolute atomic E-state index is 12.9. The molecular weight excluding hydrogens is 346 g/mol. The van der Waals surface area contributed by atoms with E-state index in [2.05, 4.69) is 20.5 Å². The molecule has 1 atom stereocenters. The van der Waals surface area contributed by atoms with Crippen molar-refractivity contribution < 1.29 is 12.9 Å². The van der Waals surface area contributed by atoms with Crippen LogP contribution in [0.1, 0.15) is 24.6 Å². The van der Waals surface area contributed by atoms with Gasteiger partial charge in [0.15, 0.2) is 11.6 Å². The van der Waals surface area contributed by atoms with E-state index in [-0.39, 0.29) is 23.2 Å². The Hall–Kier alpha value is -2.53. The molecule has 0 radical (unpaired) electrons. The molecule has 4 heterocycles. The van der Waals surface area contributed by atoms with Crippen LogP contribution in [0.2, 0.25) is 0 Å². The van der Waals surface area contributed by atoms with Crippen molar-refractivity contribution in [2.24, 2.45) is 7.05 Å². The zero-order valence-corrected chi connectivity index (χ0v) is 14.8. The van der Waals surface area contributed by atoms with E-state index < -0.39 is 10.0 Å². The Balaban J connectivity index is 1.71. The van der Waals surface area contributed by atoms with Crippen molar-refractivity contribution in [1.82, 2.24) is 34.0 Å². The lowest BCUT2D eigenvalue weighted by atomic mass is 10.2. The highest BCUT2D eigenvalue weighted by atomic mass is 32.2. The molecule has 0 N–H and O–H groups in total. The fraction of sp³-hybridized carbons (Fsp3) is 0.429. The summed E-state index contributed by atoms with van der Waals surface area (Å²) in [4.78, 5) is 0.0835. The van der Waals surface area contributed by atoms with Gasteiger partial charge in [-0.25, -0.2) is 8.42 Å². The van der Waals surface area contributed by atoms with Crippen molar-refractivity contribution in [3.05, 3.63) is 30.2 Å². The van der Waals surface area contributed by atoms with Crippen molar-refractivity contribution in [1.29, 1.82) is 0 Å². The van der Waals surface area contributed by atoms with Gasteiger partial charge in [0, 0.05) is 25.8 Å². The zero-order valence-electron chi connectivity index (χ0n) is 14.0. The van der Waals surface area contributed by atoms with Crippen molar-refractivity contribution in [3.8, 4) is 11.4 Å². The first-order chi connectivity index (χ1) is 11.9. The van der Waals surface area contributed by atoms with Crippen molar-refractivity contribution >= 4 is 10.0 Å². The first-order valence-electron chi connectivity index (χ1n) is 7.72. The van der Waals surface area contributed by atoms with Gasteiger partial charge in [0.25, 0.3) is 0 Å². The van der Waals surface area contributed by atoms with Gasteiger partial charge in [0.1, 0.15) is 10.7 Å². The molecule has 0 saturated carbocycles. The number of nitrogens with zero attached hydrogens (tertiary/aromatic N) is 7. The van der Waals surface area contributed by atoms with Gasteiger partial charge < -0.3 is 9.09 Å². The minimum absolute atomic E-state index is 0.0835. The van der Waals surface area contributed by atoms with Crippen molar-refractivity contribution in [2.75, 3.05) is 6.54 Å². The van der Waals surface area contributed by atoms with Gasteiger partial charge in [-0.3, -0.25) is 4.68 Å². The van der Waals surface area contributed by atoms with Crippen LogP contribution in [0.4, 0.5) is 0 Å². The topological polar surface area (TPSA) is 112 Å². The average Bonchev–Trinajstić information content (AvgIpc) is 3.26. The highest BCUT2D eigenvalue weighted by molar-refractivity contribution is 7.89. The molecule has 10 nitrogen and oxygen atoms in total. The largest absolute Gasteiger partial charge is 0.360 e. The van der Waals surface area contributed by atoms with E-state index >= 15 is 0 Å². The molecule has 25 heavy (non-hydrogen) atoms. The van der Waals surface area contributed by atoms with Crippen LogP contribution >= 0.6 is 0 Å². The Kier molecular flexibility index (Phi) is 3.51. The summed E-state index contributed by atoms with van der Waals surface area (Å²) in [7, 11) is -1.87. The third-order valence-electron chi connectivity index (χ3n) is 4.28. The normalized spacial score (nSPS) is 18.4. The second kappa shape index (κ2) is 5.49. The number of rotatable bonds is 3. The first kappa shape index (κ1) is 16.0. The van der Waals surface area contributed by atoms with E-state index in [1.165, 1.54) is 10.5 Å². The van der Waals surface area contributed by atoms with Crippen LogP contribution in [-0.2, 0) is 23.6 Å². The molecule has 3 aromatic rings. The summed E-state index contributed by atoms with van der Waals surface area (Å²) < 4.78 is 35.7. The average molecular weight is 363 g/mol. The summed E-state index contributed by atoms with van der Waals surface area (Å²) in [6.07, 6.45) is 4.80. The molecule has 0 amide bonds. The van der Waals surface area contributed by atoms with Gasteiger partial charge in [-0.1, -0.05) is 5.16 Å². The summed E-state index contributed by atoms with van der Waals surface area (Å²) in [5, 5.41) is 16.2. The predicted octanol–water partition coefficient (Wildman–Crippen LogP) is 0.741. The molecule has 11 heteroatoms. The molecule has 0 saturated heterocycles. The molecule has 0 spiro atoms. The van der Waals surface area contributed by atoms with E-state index in [1.807, 2.05) is 24.7 Å². The van der Waals surface area contributed by atoms with Crippen LogP contribution in [0.25, 0.3) is 11.4 Å². The van der Waals surface area contributed by atoms with Gasteiger partial charge >= 0.3 is 0 Å². The van der Waals surface area contributed by atoms with Crippen LogP contribution in [0.15, 0.2) is 28.0 Å². The Morgan fingerprint density at radius 3 is 2.72 bits per heavy atom.